The minimum Gasteiger partial charge on any atom is -0.306 e. The van der Waals surface area contributed by atoms with Gasteiger partial charge in [0.05, 0.1) is 17.6 Å². The van der Waals surface area contributed by atoms with Gasteiger partial charge in [0.15, 0.2) is 0 Å². The van der Waals surface area contributed by atoms with Crippen molar-refractivity contribution in [2.75, 3.05) is 10.6 Å². The molecule has 92 valence electrons. The predicted molar refractivity (Wildman–Crippen MR) is 68.0 cm³/mol. The summed E-state index contributed by atoms with van der Waals surface area (Å²) in [7, 11) is 0. The number of halogens is 1. The van der Waals surface area contributed by atoms with Gasteiger partial charge in [0.2, 0.25) is 0 Å². The van der Waals surface area contributed by atoms with Crippen molar-refractivity contribution >= 4 is 17.4 Å². The minimum atomic E-state index is -0.509. The molecule has 1 heterocycles. The number of carbonyl (C=O) groups is 1. The fourth-order valence-corrected chi connectivity index (χ4v) is 1.39. The molecule has 18 heavy (non-hydrogen) atoms. The summed E-state index contributed by atoms with van der Waals surface area (Å²) in [6, 6.07) is 8.97. The number of rotatable bonds is 2. The highest BCUT2D eigenvalue weighted by Gasteiger charge is 2.06. The van der Waals surface area contributed by atoms with E-state index in [-0.39, 0.29) is 5.69 Å². The summed E-state index contributed by atoms with van der Waals surface area (Å²) in [5, 5.41) is 4.99. The third kappa shape index (κ3) is 3.04. The fourth-order valence-electron chi connectivity index (χ4n) is 1.39. The minimum absolute atomic E-state index is 0.134. The first-order valence-electron chi connectivity index (χ1n) is 5.40. The SMILES string of the molecule is Cc1ccc(NC(=O)Nc2ccccc2F)cn1. The number of aryl methyl sites for hydroxylation is 1. The van der Waals surface area contributed by atoms with Crippen LogP contribution in [0.2, 0.25) is 0 Å². The number of urea groups is 1. The van der Waals surface area contributed by atoms with E-state index >= 15 is 0 Å². The van der Waals surface area contributed by atoms with Crippen molar-refractivity contribution in [3.63, 3.8) is 0 Å². The Balaban J connectivity index is 2.01. The molecule has 0 fully saturated rings. The molecular formula is C13H12FN3O. The molecule has 0 aliphatic rings. The molecule has 2 aromatic rings. The summed E-state index contributed by atoms with van der Waals surface area (Å²) in [5.41, 5.74) is 1.54. The van der Waals surface area contributed by atoms with Crippen molar-refractivity contribution in [3.8, 4) is 0 Å². The topological polar surface area (TPSA) is 54.0 Å². The number of aromatic nitrogens is 1. The third-order valence-corrected chi connectivity index (χ3v) is 2.29. The van der Waals surface area contributed by atoms with Crippen LogP contribution in [0.15, 0.2) is 42.6 Å². The Labute approximate surface area is 104 Å². The molecule has 0 spiro atoms. The van der Waals surface area contributed by atoms with E-state index in [4.69, 9.17) is 0 Å². The third-order valence-electron chi connectivity index (χ3n) is 2.29. The van der Waals surface area contributed by atoms with E-state index in [1.54, 1.807) is 24.3 Å². The molecule has 5 heteroatoms. The van der Waals surface area contributed by atoms with E-state index in [1.165, 1.54) is 18.3 Å². The number of para-hydroxylation sites is 1. The van der Waals surface area contributed by atoms with Gasteiger partial charge in [-0.15, -0.1) is 0 Å². The lowest BCUT2D eigenvalue weighted by Crippen LogP contribution is -2.20. The number of nitrogens with one attached hydrogen (secondary N) is 2. The van der Waals surface area contributed by atoms with Gasteiger partial charge >= 0.3 is 6.03 Å². The van der Waals surface area contributed by atoms with Gasteiger partial charge in [0.25, 0.3) is 0 Å². The largest absolute Gasteiger partial charge is 0.323 e. The van der Waals surface area contributed by atoms with Crippen LogP contribution in [0.25, 0.3) is 0 Å². The predicted octanol–water partition coefficient (Wildman–Crippen LogP) is 3.17. The zero-order valence-electron chi connectivity index (χ0n) is 9.77. The number of nitrogens with zero attached hydrogens (tertiary/aromatic N) is 1. The number of hydrogen-bond donors (Lipinski definition) is 2. The van der Waals surface area contributed by atoms with Gasteiger partial charge in [-0.05, 0) is 31.2 Å². The van der Waals surface area contributed by atoms with Crippen molar-refractivity contribution in [2.45, 2.75) is 6.92 Å². The molecule has 0 saturated carbocycles. The Morgan fingerprint density at radius 3 is 2.61 bits per heavy atom. The molecule has 1 aromatic heterocycles. The summed E-state index contributed by atoms with van der Waals surface area (Å²) in [4.78, 5) is 15.6. The molecule has 1 aromatic carbocycles. The molecule has 0 saturated heterocycles. The summed E-state index contributed by atoms with van der Waals surface area (Å²) in [6.07, 6.45) is 1.54. The molecule has 0 atom stereocenters. The van der Waals surface area contributed by atoms with Crippen LogP contribution in [-0.2, 0) is 0 Å². The van der Waals surface area contributed by atoms with Crippen LogP contribution >= 0.6 is 0 Å². The van der Waals surface area contributed by atoms with Gasteiger partial charge in [-0.2, -0.15) is 0 Å². The Morgan fingerprint density at radius 1 is 1.17 bits per heavy atom. The molecule has 0 unspecified atom stereocenters. The van der Waals surface area contributed by atoms with E-state index in [0.29, 0.717) is 5.69 Å². The van der Waals surface area contributed by atoms with Crippen LogP contribution in [0.1, 0.15) is 5.69 Å². The average Bonchev–Trinajstić information content (AvgIpc) is 2.35. The molecule has 2 N–H and O–H groups in total. The molecule has 2 rings (SSSR count). The maximum atomic E-state index is 13.3. The second-order valence-corrected chi connectivity index (χ2v) is 3.75. The van der Waals surface area contributed by atoms with Crippen LogP contribution in [0.4, 0.5) is 20.6 Å². The van der Waals surface area contributed by atoms with E-state index in [1.807, 2.05) is 6.92 Å². The highest BCUT2D eigenvalue weighted by molar-refractivity contribution is 5.99. The number of hydrogen-bond acceptors (Lipinski definition) is 2. The first-order chi connectivity index (χ1) is 8.65. The Bertz CT molecular complexity index is 554. The highest BCUT2D eigenvalue weighted by atomic mass is 19.1. The zero-order chi connectivity index (χ0) is 13.0. The normalized spacial score (nSPS) is 9.89. The first kappa shape index (κ1) is 12.0. The van der Waals surface area contributed by atoms with Crippen molar-refractivity contribution in [1.82, 2.24) is 4.98 Å². The lowest BCUT2D eigenvalue weighted by atomic mass is 10.3. The molecular weight excluding hydrogens is 233 g/mol. The van der Waals surface area contributed by atoms with Crippen LogP contribution in [-0.4, -0.2) is 11.0 Å². The molecule has 0 aliphatic heterocycles. The maximum absolute atomic E-state index is 13.3. The van der Waals surface area contributed by atoms with Crippen molar-refractivity contribution in [1.29, 1.82) is 0 Å². The van der Waals surface area contributed by atoms with Crippen molar-refractivity contribution in [3.05, 3.63) is 54.1 Å². The molecule has 0 aliphatic carbocycles. The van der Waals surface area contributed by atoms with Crippen LogP contribution in [0.3, 0.4) is 0 Å². The van der Waals surface area contributed by atoms with Gasteiger partial charge in [0, 0.05) is 5.69 Å². The average molecular weight is 245 g/mol. The second-order valence-electron chi connectivity index (χ2n) is 3.75. The van der Waals surface area contributed by atoms with Gasteiger partial charge < -0.3 is 10.6 Å². The highest BCUT2D eigenvalue weighted by Crippen LogP contribution is 2.13. The maximum Gasteiger partial charge on any atom is 0.323 e. The fraction of sp³-hybridized carbons (Fsp3) is 0.0769. The van der Waals surface area contributed by atoms with Gasteiger partial charge in [-0.3, -0.25) is 4.98 Å². The van der Waals surface area contributed by atoms with E-state index in [2.05, 4.69) is 15.6 Å². The Hall–Kier alpha value is -2.43. The lowest BCUT2D eigenvalue weighted by molar-refractivity contribution is 0.262. The number of benzene rings is 1. The monoisotopic (exact) mass is 245 g/mol. The summed E-state index contributed by atoms with van der Waals surface area (Å²) < 4.78 is 13.3. The Kier molecular flexibility index (Phi) is 3.52. The molecule has 4 nitrogen and oxygen atoms in total. The quantitative estimate of drug-likeness (QED) is 0.853. The van der Waals surface area contributed by atoms with Crippen molar-refractivity contribution < 1.29 is 9.18 Å². The van der Waals surface area contributed by atoms with Gasteiger partial charge in [-0.1, -0.05) is 12.1 Å². The number of anilines is 2. The molecule has 0 radical (unpaired) electrons. The second kappa shape index (κ2) is 5.27. The van der Waals surface area contributed by atoms with E-state index < -0.39 is 11.8 Å². The van der Waals surface area contributed by atoms with Gasteiger partial charge in [0.1, 0.15) is 5.82 Å². The molecule has 0 bridgehead atoms. The number of amides is 2. The van der Waals surface area contributed by atoms with Crippen LogP contribution in [0.5, 0.6) is 0 Å². The van der Waals surface area contributed by atoms with Crippen LogP contribution < -0.4 is 10.6 Å². The summed E-state index contributed by atoms with van der Waals surface area (Å²) in [6.45, 7) is 1.85. The standard InChI is InChI=1S/C13H12FN3O/c1-9-6-7-10(8-15-9)16-13(18)17-12-5-3-2-4-11(12)14/h2-8H,1H3,(H2,16,17,18). The van der Waals surface area contributed by atoms with Crippen LogP contribution in [0, 0.1) is 12.7 Å². The van der Waals surface area contributed by atoms with E-state index in [0.717, 1.165) is 5.69 Å². The lowest BCUT2D eigenvalue weighted by Gasteiger charge is -2.08. The van der Waals surface area contributed by atoms with E-state index in [9.17, 15) is 9.18 Å². The molecule has 2 amide bonds. The van der Waals surface area contributed by atoms with Gasteiger partial charge in [-0.25, -0.2) is 9.18 Å². The number of carbonyl (C=O) groups excluding carboxylic acids is 1. The first-order valence-corrected chi connectivity index (χ1v) is 5.40. The summed E-state index contributed by atoms with van der Waals surface area (Å²) in [5.74, 6) is -0.477. The smallest absolute Gasteiger partial charge is 0.306 e. The number of pyridine rings is 1. The summed E-state index contributed by atoms with van der Waals surface area (Å²) >= 11 is 0. The van der Waals surface area contributed by atoms with Crippen molar-refractivity contribution in [2.24, 2.45) is 0 Å². The Morgan fingerprint density at radius 2 is 1.94 bits per heavy atom. The zero-order valence-corrected chi connectivity index (χ0v) is 9.77.